The molecule has 2 aliphatic rings. The highest BCUT2D eigenvalue weighted by Gasteiger charge is 2.27. The topological polar surface area (TPSA) is 113 Å². The molecule has 1 fully saturated rings. The van der Waals surface area contributed by atoms with Gasteiger partial charge < -0.3 is 25.6 Å². The van der Waals surface area contributed by atoms with Gasteiger partial charge in [0.2, 0.25) is 5.91 Å². The second-order valence-corrected chi connectivity index (χ2v) is 7.93. The Morgan fingerprint density at radius 1 is 1.41 bits per heavy atom. The van der Waals surface area contributed by atoms with Gasteiger partial charge in [-0.25, -0.2) is 4.39 Å². The number of nitrogens with zero attached hydrogens (tertiary/aromatic N) is 2. The average molecular weight is 441 g/mol. The molecule has 32 heavy (non-hydrogen) atoms. The van der Waals surface area contributed by atoms with Crippen LogP contribution in [0, 0.1) is 22.6 Å². The van der Waals surface area contributed by atoms with Gasteiger partial charge in [0, 0.05) is 44.8 Å². The number of anilines is 1. The molecule has 0 bridgehead atoms. The molecule has 2 aliphatic heterocycles. The fourth-order valence-corrected chi connectivity index (χ4v) is 3.93. The van der Waals surface area contributed by atoms with Crippen LogP contribution in [0.5, 0.6) is 0 Å². The number of benzene rings is 1. The predicted molar refractivity (Wildman–Crippen MR) is 121 cm³/mol. The van der Waals surface area contributed by atoms with Crippen LogP contribution in [-0.2, 0) is 9.53 Å². The van der Waals surface area contributed by atoms with E-state index >= 15 is 4.39 Å². The molecule has 0 aromatic heterocycles. The lowest BCUT2D eigenvalue weighted by Crippen LogP contribution is -2.42. The van der Waals surface area contributed by atoms with Crippen LogP contribution in [0.4, 0.5) is 10.1 Å². The van der Waals surface area contributed by atoms with E-state index in [4.69, 9.17) is 10.1 Å². The van der Waals surface area contributed by atoms with Gasteiger partial charge in [-0.05, 0) is 36.7 Å². The molecule has 3 rings (SSSR count). The number of amides is 1. The van der Waals surface area contributed by atoms with Crippen LogP contribution in [-0.4, -0.2) is 56.0 Å². The average Bonchev–Trinajstić information content (AvgIpc) is 3.28. The second kappa shape index (κ2) is 10.3. The van der Waals surface area contributed by atoms with E-state index in [1.807, 2.05) is 6.07 Å². The number of carbonyl (C=O) groups is 1. The highest BCUT2D eigenvalue weighted by Crippen LogP contribution is 2.27. The van der Waals surface area contributed by atoms with Crippen molar-refractivity contribution in [3.63, 3.8) is 0 Å². The van der Waals surface area contributed by atoms with E-state index in [-0.39, 0.29) is 35.6 Å². The first-order valence-corrected chi connectivity index (χ1v) is 10.6. The number of halogens is 1. The molecule has 8 nitrogen and oxygen atoms in total. The molecule has 1 saturated heterocycles. The minimum Gasteiger partial charge on any atom is -0.394 e. The monoisotopic (exact) mass is 440 g/mol. The van der Waals surface area contributed by atoms with Gasteiger partial charge in [-0.15, -0.1) is 0 Å². The van der Waals surface area contributed by atoms with Crippen molar-refractivity contribution in [3.05, 3.63) is 46.5 Å². The standard InChI is InChI=1S/C23H29FN6O2/c1-14(11-27-3)17-4-5-21(22(24)18(17)10-25)29-23(26)19-12-30(15(2)31)8-6-20(19)28-16-7-9-32-13-16/h4-5,11,16,27-28H,6-9,12-13H2,1-3H3,(H2,26,29)/b14-11+. The van der Waals surface area contributed by atoms with Crippen LogP contribution in [0.2, 0.25) is 0 Å². The summed E-state index contributed by atoms with van der Waals surface area (Å²) in [5, 5.41) is 27.3. The molecular weight excluding hydrogens is 411 g/mol. The summed E-state index contributed by atoms with van der Waals surface area (Å²) in [4.78, 5) is 13.6. The van der Waals surface area contributed by atoms with Crippen LogP contribution >= 0.6 is 0 Å². The first-order chi connectivity index (χ1) is 15.3. The summed E-state index contributed by atoms with van der Waals surface area (Å²) in [7, 11) is 1.73. The number of carbonyl (C=O) groups excluding carboxylic acids is 1. The summed E-state index contributed by atoms with van der Waals surface area (Å²) in [6.45, 7) is 5.37. The van der Waals surface area contributed by atoms with Gasteiger partial charge in [-0.1, -0.05) is 6.07 Å². The first kappa shape index (κ1) is 23.3. The number of allylic oxidation sites excluding steroid dienone is 1. The highest BCUT2D eigenvalue weighted by molar-refractivity contribution is 6.07. The zero-order chi connectivity index (χ0) is 23.3. The van der Waals surface area contributed by atoms with Gasteiger partial charge in [-0.2, -0.15) is 5.26 Å². The fraction of sp³-hybridized carbons (Fsp3) is 0.435. The Morgan fingerprint density at radius 3 is 2.81 bits per heavy atom. The molecule has 170 valence electrons. The molecule has 1 amide bonds. The Hall–Kier alpha value is -3.38. The third kappa shape index (κ3) is 5.08. The number of nitriles is 1. The summed E-state index contributed by atoms with van der Waals surface area (Å²) in [5.74, 6) is -0.792. The van der Waals surface area contributed by atoms with Gasteiger partial charge >= 0.3 is 0 Å². The van der Waals surface area contributed by atoms with Crippen LogP contribution in [0.1, 0.15) is 37.8 Å². The molecule has 2 heterocycles. The predicted octanol–water partition coefficient (Wildman–Crippen LogP) is 2.55. The Morgan fingerprint density at radius 2 is 2.19 bits per heavy atom. The third-order valence-electron chi connectivity index (χ3n) is 5.70. The zero-order valence-corrected chi connectivity index (χ0v) is 18.6. The maximum atomic E-state index is 15.1. The van der Waals surface area contributed by atoms with Crippen molar-refractivity contribution in [2.75, 3.05) is 38.7 Å². The van der Waals surface area contributed by atoms with Crippen LogP contribution in [0.25, 0.3) is 5.57 Å². The lowest BCUT2D eigenvalue weighted by atomic mass is 10.00. The molecule has 0 saturated carbocycles. The Balaban J connectivity index is 1.90. The van der Waals surface area contributed by atoms with E-state index in [0.717, 1.165) is 17.7 Å². The van der Waals surface area contributed by atoms with Crippen molar-refractivity contribution in [2.24, 2.45) is 0 Å². The van der Waals surface area contributed by atoms with Crippen LogP contribution in [0.15, 0.2) is 29.6 Å². The molecule has 0 radical (unpaired) electrons. The van der Waals surface area contributed by atoms with Gasteiger partial charge in [-0.3, -0.25) is 10.2 Å². The lowest BCUT2D eigenvalue weighted by Gasteiger charge is -2.32. The van der Waals surface area contributed by atoms with Crippen molar-refractivity contribution in [1.82, 2.24) is 15.5 Å². The number of nitrogens with one attached hydrogen (secondary N) is 4. The number of ether oxygens (including phenoxy) is 1. The minimum atomic E-state index is -0.711. The summed E-state index contributed by atoms with van der Waals surface area (Å²) in [6.07, 6.45) is 3.14. The van der Waals surface area contributed by atoms with E-state index < -0.39 is 5.82 Å². The Labute approximate surface area is 187 Å². The van der Waals surface area contributed by atoms with Crippen LogP contribution in [0.3, 0.4) is 0 Å². The second-order valence-electron chi connectivity index (χ2n) is 7.93. The summed E-state index contributed by atoms with van der Waals surface area (Å²) >= 11 is 0. The molecular formula is C23H29FN6O2. The van der Waals surface area contributed by atoms with Crippen molar-refractivity contribution >= 4 is 23.0 Å². The highest BCUT2D eigenvalue weighted by atomic mass is 19.1. The summed E-state index contributed by atoms with van der Waals surface area (Å²) < 4.78 is 20.6. The van der Waals surface area contributed by atoms with E-state index in [2.05, 4.69) is 16.0 Å². The molecule has 9 heteroatoms. The van der Waals surface area contributed by atoms with Gasteiger partial charge in [0.25, 0.3) is 0 Å². The van der Waals surface area contributed by atoms with Crippen molar-refractivity contribution < 1.29 is 13.9 Å². The molecule has 0 spiro atoms. The normalized spacial score (nSPS) is 18.9. The van der Waals surface area contributed by atoms with Crippen LogP contribution < -0.4 is 16.0 Å². The number of hydrogen-bond acceptors (Lipinski definition) is 6. The van der Waals surface area contributed by atoms with Crippen molar-refractivity contribution in [2.45, 2.75) is 32.7 Å². The zero-order valence-electron chi connectivity index (χ0n) is 18.6. The quantitative estimate of drug-likeness (QED) is 0.399. The van der Waals surface area contributed by atoms with Crippen molar-refractivity contribution in [1.29, 1.82) is 10.7 Å². The molecule has 4 N–H and O–H groups in total. The summed E-state index contributed by atoms with van der Waals surface area (Å²) in [6, 6.07) is 5.27. The molecule has 1 unspecified atom stereocenters. The number of rotatable bonds is 6. The maximum absolute atomic E-state index is 15.1. The van der Waals surface area contributed by atoms with Gasteiger partial charge in [0.1, 0.15) is 11.9 Å². The first-order valence-electron chi connectivity index (χ1n) is 10.6. The number of hydrogen-bond donors (Lipinski definition) is 4. The van der Waals surface area contributed by atoms with Gasteiger partial charge in [0.05, 0.1) is 30.4 Å². The van der Waals surface area contributed by atoms with E-state index in [1.54, 1.807) is 31.1 Å². The molecule has 0 aliphatic carbocycles. The lowest BCUT2D eigenvalue weighted by molar-refractivity contribution is -0.128. The third-order valence-corrected chi connectivity index (χ3v) is 5.70. The SMILES string of the molecule is CN/C=C(\C)c1ccc(NC(=N)C2=C(NC3CCOC3)CCN(C(C)=O)C2)c(F)c1C#N. The van der Waals surface area contributed by atoms with E-state index in [0.29, 0.717) is 37.3 Å². The Kier molecular flexibility index (Phi) is 7.49. The van der Waals surface area contributed by atoms with Crippen molar-refractivity contribution in [3.8, 4) is 6.07 Å². The molecule has 1 atom stereocenters. The van der Waals surface area contributed by atoms with E-state index in [1.165, 1.54) is 13.0 Å². The smallest absolute Gasteiger partial charge is 0.219 e. The summed E-state index contributed by atoms with van der Waals surface area (Å²) in [5.41, 5.74) is 2.63. The Bertz CT molecular complexity index is 1000. The number of amidine groups is 1. The maximum Gasteiger partial charge on any atom is 0.219 e. The fourth-order valence-electron chi connectivity index (χ4n) is 3.93. The van der Waals surface area contributed by atoms with E-state index in [9.17, 15) is 10.1 Å². The largest absolute Gasteiger partial charge is 0.394 e. The molecule has 1 aromatic carbocycles. The molecule has 1 aromatic rings. The minimum absolute atomic E-state index is 0.00426. The van der Waals surface area contributed by atoms with Gasteiger partial charge in [0.15, 0.2) is 5.82 Å².